The van der Waals surface area contributed by atoms with Gasteiger partial charge in [-0.3, -0.25) is 0 Å². The Morgan fingerprint density at radius 3 is 1.56 bits per heavy atom. The molecule has 2 heteroatoms. The minimum absolute atomic E-state index is 0.356. The lowest BCUT2D eigenvalue weighted by molar-refractivity contribution is 0.475. The third kappa shape index (κ3) is 15.7. The van der Waals surface area contributed by atoms with Gasteiger partial charge in [-0.25, -0.2) is 0 Å². The molecule has 0 aliphatic carbocycles. The van der Waals surface area contributed by atoms with Crippen LogP contribution in [0.2, 0.25) is 0 Å². The zero-order valence-electron chi connectivity index (χ0n) is 18.0. The Bertz CT molecular complexity index is 415. The third-order valence-corrected chi connectivity index (χ3v) is 5.46. The molecular formula is C25H45NO. The van der Waals surface area contributed by atoms with Crippen molar-refractivity contribution in [1.29, 1.82) is 0 Å². The molecule has 0 unspecified atom stereocenters. The molecular weight excluding hydrogens is 330 g/mol. The van der Waals surface area contributed by atoms with Crippen molar-refractivity contribution in [1.82, 2.24) is 5.32 Å². The largest absolute Gasteiger partial charge is 0.508 e. The standard InChI is InChI=1S/C25H45NO/c1-2-3-4-5-6-7-8-9-10-11-12-13-14-15-22-26-23-16-17-24-18-20-25(27)21-19-24/h18-21,26-27H,2-17,22-23H2,1H3. The highest BCUT2D eigenvalue weighted by Gasteiger charge is 1.96. The fourth-order valence-corrected chi connectivity index (χ4v) is 3.65. The van der Waals surface area contributed by atoms with Crippen molar-refractivity contribution in [3.05, 3.63) is 29.8 Å². The second-order valence-electron chi connectivity index (χ2n) is 8.12. The Balaban J connectivity index is 1.71. The molecule has 0 saturated carbocycles. The van der Waals surface area contributed by atoms with Crippen LogP contribution in [0.1, 0.15) is 109 Å². The zero-order chi connectivity index (χ0) is 19.4. The van der Waals surface area contributed by atoms with Crippen LogP contribution in [-0.4, -0.2) is 18.2 Å². The van der Waals surface area contributed by atoms with Crippen LogP contribution >= 0.6 is 0 Å². The molecule has 0 amide bonds. The molecule has 0 saturated heterocycles. The van der Waals surface area contributed by atoms with Crippen LogP contribution in [0.15, 0.2) is 24.3 Å². The van der Waals surface area contributed by atoms with Crippen molar-refractivity contribution in [3.8, 4) is 5.75 Å². The Hall–Kier alpha value is -1.02. The highest BCUT2D eigenvalue weighted by Crippen LogP contribution is 2.13. The lowest BCUT2D eigenvalue weighted by atomic mass is 10.0. The predicted molar refractivity (Wildman–Crippen MR) is 120 cm³/mol. The van der Waals surface area contributed by atoms with E-state index in [-0.39, 0.29) is 0 Å². The predicted octanol–water partition coefficient (Wildman–Crippen LogP) is 7.40. The van der Waals surface area contributed by atoms with Gasteiger partial charge in [-0.2, -0.15) is 0 Å². The molecule has 0 spiro atoms. The number of aryl methyl sites for hydroxylation is 1. The van der Waals surface area contributed by atoms with Crippen molar-refractivity contribution in [2.24, 2.45) is 0 Å². The van der Waals surface area contributed by atoms with E-state index >= 15 is 0 Å². The fourth-order valence-electron chi connectivity index (χ4n) is 3.65. The summed E-state index contributed by atoms with van der Waals surface area (Å²) in [5.41, 5.74) is 1.31. The lowest BCUT2D eigenvalue weighted by Gasteiger charge is -2.06. The lowest BCUT2D eigenvalue weighted by Crippen LogP contribution is -2.17. The number of rotatable bonds is 19. The maximum absolute atomic E-state index is 9.27. The smallest absolute Gasteiger partial charge is 0.115 e. The van der Waals surface area contributed by atoms with Gasteiger partial charge in [0.05, 0.1) is 0 Å². The molecule has 0 atom stereocenters. The van der Waals surface area contributed by atoms with E-state index in [1.54, 1.807) is 12.1 Å². The van der Waals surface area contributed by atoms with Crippen LogP contribution in [0, 0.1) is 0 Å². The van der Waals surface area contributed by atoms with Gasteiger partial charge in [-0.05, 0) is 50.0 Å². The fraction of sp³-hybridized carbons (Fsp3) is 0.760. The molecule has 0 bridgehead atoms. The summed E-state index contributed by atoms with van der Waals surface area (Å²) in [5.74, 6) is 0.356. The van der Waals surface area contributed by atoms with Gasteiger partial charge in [0.2, 0.25) is 0 Å². The van der Waals surface area contributed by atoms with Gasteiger partial charge >= 0.3 is 0 Å². The number of phenols is 1. The molecule has 156 valence electrons. The van der Waals surface area contributed by atoms with Crippen LogP contribution in [-0.2, 0) is 6.42 Å². The van der Waals surface area contributed by atoms with Crippen LogP contribution in [0.5, 0.6) is 5.75 Å². The molecule has 1 rings (SSSR count). The minimum Gasteiger partial charge on any atom is -0.508 e. The van der Waals surface area contributed by atoms with Crippen LogP contribution < -0.4 is 5.32 Å². The number of nitrogens with one attached hydrogen (secondary N) is 1. The molecule has 27 heavy (non-hydrogen) atoms. The van der Waals surface area contributed by atoms with Gasteiger partial charge in [-0.15, -0.1) is 0 Å². The highest BCUT2D eigenvalue weighted by atomic mass is 16.3. The van der Waals surface area contributed by atoms with E-state index in [9.17, 15) is 5.11 Å². The summed E-state index contributed by atoms with van der Waals surface area (Å²) in [6.45, 7) is 4.55. The molecule has 0 aliphatic heterocycles. The van der Waals surface area contributed by atoms with Crippen molar-refractivity contribution in [2.45, 2.75) is 110 Å². The first-order chi connectivity index (χ1) is 13.3. The van der Waals surface area contributed by atoms with Gasteiger partial charge < -0.3 is 10.4 Å². The Labute approximate surface area is 169 Å². The van der Waals surface area contributed by atoms with Gasteiger partial charge in [-0.1, -0.05) is 103 Å². The summed E-state index contributed by atoms with van der Waals surface area (Å²) < 4.78 is 0. The SMILES string of the molecule is CCCCCCCCCCCCCCCCNCCCc1ccc(O)cc1. The Morgan fingerprint density at radius 2 is 1.04 bits per heavy atom. The van der Waals surface area contributed by atoms with Crippen molar-refractivity contribution in [2.75, 3.05) is 13.1 Å². The summed E-state index contributed by atoms with van der Waals surface area (Å²) >= 11 is 0. The van der Waals surface area contributed by atoms with Crippen molar-refractivity contribution in [3.63, 3.8) is 0 Å². The maximum Gasteiger partial charge on any atom is 0.115 e. The maximum atomic E-state index is 9.27. The number of hydrogen-bond donors (Lipinski definition) is 2. The summed E-state index contributed by atoms with van der Waals surface area (Å²) in [6.07, 6.45) is 22.2. The molecule has 0 radical (unpaired) electrons. The molecule has 1 aromatic rings. The van der Waals surface area contributed by atoms with Crippen LogP contribution in [0.4, 0.5) is 0 Å². The molecule has 2 nitrogen and oxygen atoms in total. The van der Waals surface area contributed by atoms with Gasteiger partial charge in [0.1, 0.15) is 5.75 Å². The van der Waals surface area contributed by atoms with Gasteiger partial charge in [0, 0.05) is 0 Å². The van der Waals surface area contributed by atoms with E-state index in [0.717, 1.165) is 19.5 Å². The highest BCUT2D eigenvalue weighted by molar-refractivity contribution is 5.25. The average Bonchev–Trinajstić information content (AvgIpc) is 2.68. The summed E-state index contributed by atoms with van der Waals surface area (Å²) in [5, 5.41) is 12.8. The zero-order valence-corrected chi connectivity index (χ0v) is 18.0. The van der Waals surface area contributed by atoms with E-state index in [2.05, 4.69) is 12.2 Å². The van der Waals surface area contributed by atoms with E-state index in [1.165, 1.54) is 102 Å². The molecule has 0 aliphatic rings. The minimum atomic E-state index is 0.356. The van der Waals surface area contributed by atoms with Gasteiger partial charge in [0.15, 0.2) is 0 Å². The quantitative estimate of drug-likeness (QED) is 0.247. The first kappa shape index (κ1) is 24.0. The second kappa shape index (κ2) is 18.3. The number of phenolic OH excluding ortho intramolecular Hbond substituents is 1. The number of benzene rings is 1. The Morgan fingerprint density at radius 1 is 0.593 bits per heavy atom. The van der Waals surface area contributed by atoms with Crippen molar-refractivity contribution < 1.29 is 5.11 Å². The number of hydrogen-bond acceptors (Lipinski definition) is 2. The van der Waals surface area contributed by atoms with E-state index in [1.807, 2.05) is 12.1 Å². The normalized spacial score (nSPS) is 11.1. The average molecular weight is 376 g/mol. The van der Waals surface area contributed by atoms with Crippen molar-refractivity contribution >= 4 is 0 Å². The number of unbranched alkanes of at least 4 members (excludes halogenated alkanes) is 13. The van der Waals surface area contributed by atoms with E-state index in [0.29, 0.717) is 5.75 Å². The van der Waals surface area contributed by atoms with Crippen LogP contribution in [0.25, 0.3) is 0 Å². The van der Waals surface area contributed by atoms with Gasteiger partial charge in [0.25, 0.3) is 0 Å². The summed E-state index contributed by atoms with van der Waals surface area (Å²) in [7, 11) is 0. The molecule has 1 aromatic carbocycles. The summed E-state index contributed by atoms with van der Waals surface area (Å²) in [4.78, 5) is 0. The number of aromatic hydroxyl groups is 1. The first-order valence-corrected chi connectivity index (χ1v) is 11.8. The summed E-state index contributed by atoms with van der Waals surface area (Å²) in [6, 6.07) is 7.58. The third-order valence-electron chi connectivity index (χ3n) is 5.46. The van der Waals surface area contributed by atoms with E-state index < -0.39 is 0 Å². The van der Waals surface area contributed by atoms with E-state index in [4.69, 9.17) is 0 Å². The molecule has 0 aromatic heterocycles. The monoisotopic (exact) mass is 375 g/mol. The molecule has 0 heterocycles. The topological polar surface area (TPSA) is 32.3 Å². The molecule has 0 fully saturated rings. The molecule has 2 N–H and O–H groups in total. The van der Waals surface area contributed by atoms with Crippen LogP contribution in [0.3, 0.4) is 0 Å². The Kier molecular flexibility index (Phi) is 16.3. The first-order valence-electron chi connectivity index (χ1n) is 11.8. The second-order valence-corrected chi connectivity index (χ2v) is 8.12.